The van der Waals surface area contributed by atoms with Crippen molar-refractivity contribution in [2.75, 3.05) is 26.2 Å². The number of rotatable bonds is 5. The summed E-state index contributed by atoms with van der Waals surface area (Å²) in [5, 5.41) is 9.03. The quantitative estimate of drug-likeness (QED) is 0.749. The minimum absolute atomic E-state index is 0.0307. The van der Waals surface area contributed by atoms with Crippen molar-refractivity contribution in [2.24, 2.45) is 5.92 Å². The van der Waals surface area contributed by atoms with Crippen LogP contribution in [0.2, 0.25) is 0 Å². The van der Waals surface area contributed by atoms with Crippen LogP contribution in [0.25, 0.3) is 0 Å². The maximum Gasteiger partial charge on any atom is 0.240 e. The highest BCUT2D eigenvalue weighted by Crippen LogP contribution is 2.14. The van der Waals surface area contributed by atoms with E-state index < -0.39 is 5.92 Å². The average Bonchev–Trinajstić information content (AvgIpc) is 2.43. The van der Waals surface area contributed by atoms with Gasteiger partial charge in [0.1, 0.15) is 5.92 Å². The number of hydrogen-bond acceptors (Lipinski definition) is 3. The Hall–Kier alpha value is -1.08. The van der Waals surface area contributed by atoms with Gasteiger partial charge in [0.2, 0.25) is 5.91 Å². The summed E-state index contributed by atoms with van der Waals surface area (Å²) in [5.74, 6) is -0.409. The first-order chi connectivity index (χ1) is 8.63. The van der Waals surface area contributed by atoms with Crippen LogP contribution >= 0.6 is 0 Å². The summed E-state index contributed by atoms with van der Waals surface area (Å²) >= 11 is 0. The van der Waals surface area contributed by atoms with Crippen molar-refractivity contribution in [1.29, 1.82) is 5.26 Å². The molecule has 102 valence electrons. The largest absolute Gasteiger partial charge is 0.339 e. The third-order valence-electron chi connectivity index (χ3n) is 3.87. The Morgan fingerprint density at radius 2 is 1.89 bits per heavy atom. The van der Waals surface area contributed by atoms with Gasteiger partial charge in [-0.1, -0.05) is 20.3 Å². The maximum atomic E-state index is 12.2. The lowest BCUT2D eigenvalue weighted by Crippen LogP contribution is -2.52. The molecule has 1 fully saturated rings. The molecule has 0 bridgehead atoms. The number of piperazine rings is 1. The maximum absolute atomic E-state index is 12.2. The molecule has 1 aliphatic heterocycles. The predicted octanol–water partition coefficient (Wildman–Crippen LogP) is 1.87. The van der Waals surface area contributed by atoms with Gasteiger partial charge in [0.15, 0.2) is 0 Å². The molecule has 0 aliphatic carbocycles. The first-order valence-corrected chi connectivity index (χ1v) is 7.06. The highest BCUT2D eigenvalue weighted by molar-refractivity contribution is 5.81. The van der Waals surface area contributed by atoms with Crippen LogP contribution in [0.3, 0.4) is 0 Å². The minimum Gasteiger partial charge on any atom is -0.339 e. The lowest BCUT2D eigenvalue weighted by atomic mass is 10.0. The van der Waals surface area contributed by atoms with Crippen molar-refractivity contribution in [2.45, 2.75) is 46.1 Å². The summed E-state index contributed by atoms with van der Waals surface area (Å²) in [6.07, 6.45) is 2.71. The number of carbonyl (C=O) groups excluding carboxylic acids is 1. The Morgan fingerprint density at radius 3 is 2.33 bits per heavy atom. The molecule has 1 heterocycles. The molecule has 2 atom stereocenters. The topological polar surface area (TPSA) is 47.3 Å². The zero-order chi connectivity index (χ0) is 13.5. The van der Waals surface area contributed by atoms with Crippen LogP contribution < -0.4 is 0 Å². The Bertz CT molecular complexity index is 303. The van der Waals surface area contributed by atoms with E-state index in [0.717, 1.165) is 39.0 Å². The predicted molar refractivity (Wildman–Crippen MR) is 71.9 cm³/mol. The molecule has 2 unspecified atom stereocenters. The first kappa shape index (κ1) is 15.0. The number of carbonyl (C=O) groups is 1. The van der Waals surface area contributed by atoms with Crippen LogP contribution in [-0.2, 0) is 4.79 Å². The fourth-order valence-electron chi connectivity index (χ4n) is 2.39. The van der Waals surface area contributed by atoms with Crippen molar-refractivity contribution in [3.63, 3.8) is 0 Å². The van der Waals surface area contributed by atoms with Crippen LogP contribution in [-0.4, -0.2) is 47.9 Å². The molecule has 0 spiro atoms. The second-order valence-corrected chi connectivity index (χ2v) is 5.09. The molecule has 0 saturated carbocycles. The summed E-state index contributed by atoms with van der Waals surface area (Å²) < 4.78 is 0. The van der Waals surface area contributed by atoms with E-state index in [9.17, 15) is 4.79 Å². The average molecular weight is 251 g/mol. The third kappa shape index (κ3) is 3.71. The molecular weight excluding hydrogens is 226 g/mol. The van der Waals surface area contributed by atoms with Crippen molar-refractivity contribution < 1.29 is 4.79 Å². The highest BCUT2D eigenvalue weighted by Gasteiger charge is 2.27. The Morgan fingerprint density at radius 1 is 1.28 bits per heavy atom. The van der Waals surface area contributed by atoms with E-state index in [1.54, 1.807) is 0 Å². The smallest absolute Gasteiger partial charge is 0.240 e. The molecule has 0 radical (unpaired) electrons. The number of nitrogens with zero attached hydrogens (tertiary/aromatic N) is 3. The van der Waals surface area contributed by atoms with E-state index in [1.165, 1.54) is 0 Å². The van der Waals surface area contributed by atoms with E-state index in [1.807, 2.05) is 11.8 Å². The van der Waals surface area contributed by atoms with Gasteiger partial charge in [0.25, 0.3) is 0 Å². The van der Waals surface area contributed by atoms with E-state index in [0.29, 0.717) is 12.5 Å². The molecule has 1 saturated heterocycles. The molecule has 0 aromatic carbocycles. The molecule has 18 heavy (non-hydrogen) atoms. The van der Waals surface area contributed by atoms with Gasteiger partial charge in [-0.15, -0.1) is 0 Å². The second-order valence-electron chi connectivity index (χ2n) is 5.09. The van der Waals surface area contributed by atoms with Crippen molar-refractivity contribution >= 4 is 5.91 Å². The number of nitriles is 1. The minimum atomic E-state index is -0.440. The monoisotopic (exact) mass is 251 g/mol. The van der Waals surface area contributed by atoms with E-state index >= 15 is 0 Å². The van der Waals surface area contributed by atoms with Gasteiger partial charge in [-0.2, -0.15) is 5.26 Å². The lowest BCUT2D eigenvalue weighted by Gasteiger charge is -2.38. The Kier molecular flexibility index (Phi) is 6.14. The van der Waals surface area contributed by atoms with Gasteiger partial charge >= 0.3 is 0 Å². The molecule has 1 aliphatic rings. The van der Waals surface area contributed by atoms with Gasteiger partial charge in [-0.3, -0.25) is 9.69 Å². The standard InChI is InChI=1S/C14H25N3O/c1-4-6-13(11-15)14(18)17-9-7-16(8-10-17)12(3)5-2/h12-13H,4-10H2,1-3H3. The van der Waals surface area contributed by atoms with Crippen molar-refractivity contribution in [3.05, 3.63) is 0 Å². The Balaban J connectivity index is 2.47. The summed E-state index contributed by atoms with van der Waals surface area (Å²) in [5.41, 5.74) is 0. The second kappa shape index (κ2) is 7.38. The van der Waals surface area contributed by atoms with Crippen LogP contribution in [0.5, 0.6) is 0 Å². The lowest BCUT2D eigenvalue weighted by molar-refractivity contribution is -0.136. The number of amides is 1. The molecule has 4 nitrogen and oxygen atoms in total. The summed E-state index contributed by atoms with van der Waals surface area (Å²) in [4.78, 5) is 16.4. The number of hydrogen-bond donors (Lipinski definition) is 0. The third-order valence-corrected chi connectivity index (χ3v) is 3.87. The van der Waals surface area contributed by atoms with Gasteiger partial charge in [-0.25, -0.2) is 0 Å². The van der Waals surface area contributed by atoms with Crippen molar-refractivity contribution in [1.82, 2.24) is 9.80 Å². The van der Waals surface area contributed by atoms with Crippen molar-refractivity contribution in [3.8, 4) is 6.07 Å². The van der Waals surface area contributed by atoms with Gasteiger partial charge in [0.05, 0.1) is 6.07 Å². The van der Waals surface area contributed by atoms with Gasteiger partial charge < -0.3 is 4.90 Å². The van der Waals surface area contributed by atoms with Crippen LogP contribution in [0.15, 0.2) is 0 Å². The Labute approximate surface area is 111 Å². The molecule has 1 amide bonds. The molecule has 0 aromatic rings. The fourth-order valence-corrected chi connectivity index (χ4v) is 2.39. The zero-order valence-corrected chi connectivity index (χ0v) is 11.9. The van der Waals surface area contributed by atoms with Crippen LogP contribution in [0.4, 0.5) is 0 Å². The fraction of sp³-hybridized carbons (Fsp3) is 0.857. The van der Waals surface area contributed by atoms with Crippen LogP contribution in [0, 0.1) is 17.2 Å². The normalized spacial score (nSPS) is 20.2. The van der Waals surface area contributed by atoms with Gasteiger partial charge in [0, 0.05) is 32.2 Å². The molecule has 0 N–H and O–H groups in total. The molecule has 1 rings (SSSR count). The van der Waals surface area contributed by atoms with Gasteiger partial charge in [-0.05, 0) is 19.8 Å². The molecule has 0 aromatic heterocycles. The van der Waals surface area contributed by atoms with E-state index in [2.05, 4.69) is 24.8 Å². The molecule has 4 heteroatoms. The summed E-state index contributed by atoms with van der Waals surface area (Å²) in [7, 11) is 0. The van der Waals surface area contributed by atoms with Crippen LogP contribution in [0.1, 0.15) is 40.0 Å². The summed E-state index contributed by atoms with van der Waals surface area (Å²) in [6, 6.07) is 2.73. The highest BCUT2D eigenvalue weighted by atomic mass is 16.2. The summed E-state index contributed by atoms with van der Waals surface area (Å²) in [6.45, 7) is 9.84. The molecular formula is C14H25N3O. The van der Waals surface area contributed by atoms with E-state index in [-0.39, 0.29) is 5.91 Å². The zero-order valence-electron chi connectivity index (χ0n) is 11.9. The SMILES string of the molecule is CCCC(C#N)C(=O)N1CCN(C(C)CC)CC1. The van der Waals surface area contributed by atoms with E-state index in [4.69, 9.17) is 5.26 Å². The first-order valence-electron chi connectivity index (χ1n) is 7.06.